The van der Waals surface area contributed by atoms with Crippen LogP contribution in [0, 0.1) is 12.8 Å². The van der Waals surface area contributed by atoms with Crippen molar-refractivity contribution >= 4 is 16.6 Å². The number of aromatic nitrogens is 4. The highest BCUT2D eigenvalue weighted by atomic mass is 16.1. The fourth-order valence-electron chi connectivity index (χ4n) is 4.29. The summed E-state index contributed by atoms with van der Waals surface area (Å²) in [6, 6.07) is 10.1. The van der Waals surface area contributed by atoms with E-state index in [4.69, 9.17) is 0 Å². The zero-order valence-corrected chi connectivity index (χ0v) is 15.6. The summed E-state index contributed by atoms with van der Waals surface area (Å²) in [6.07, 6.45) is 4.34. The van der Waals surface area contributed by atoms with Crippen molar-refractivity contribution in [3.63, 3.8) is 0 Å². The van der Waals surface area contributed by atoms with Crippen molar-refractivity contribution in [1.29, 1.82) is 0 Å². The first-order chi connectivity index (χ1) is 13.2. The average molecular weight is 361 g/mol. The van der Waals surface area contributed by atoms with Crippen molar-refractivity contribution in [3.8, 4) is 0 Å². The number of nitrogens with zero attached hydrogens (tertiary/aromatic N) is 5. The molecular weight excluding hydrogens is 338 g/mol. The van der Waals surface area contributed by atoms with Gasteiger partial charge in [-0.15, -0.1) is 5.10 Å². The Labute approximate surface area is 157 Å². The van der Waals surface area contributed by atoms with Gasteiger partial charge in [0.2, 0.25) is 0 Å². The van der Waals surface area contributed by atoms with Gasteiger partial charge in [-0.3, -0.25) is 4.79 Å². The van der Waals surface area contributed by atoms with Crippen molar-refractivity contribution < 1.29 is 0 Å². The monoisotopic (exact) mass is 361 g/mol. The highest BCUT2D eigenvalue weighted by Gasteiger charge is 2.30. The summed E-state index contributed by atoms with van der Waals surface area (Å²) >= 11 is 0. The summed E-state index contributed by atoms with van der Waals surface area (Å²) in [7, 11) is 0. The van der Waals surface area contributed by atoms with Gasteiger partial charge in [0.25, 0.3) is 5.56 Å². The summed E-state index contributed by atoms with van der Waals surface area (Å²) in [4.78, 5) is 14.6. The maximum Gasteiger partial charge on any atom is 0.267 e. The molecule has 0 atom stereocenters. The molecule has 2 aromatic heterocycles. The van der Waals surface area contributed by atoms with Crippen molar-refractivity contribution in [2.24, 2.45) is 5.92 Å². The molecule has 6 heteroatoms. The van der Waals surface area contributed by atoms with Gasteiger partial charge in [0.05, 0.1) is 17.9 Å². The van der Waals surface area contributed by atoms with Gasteiger partial charge in [0.15, 0.2) is 5.82 Å². The van der Waals surface area contributed by atoms with Gasteiger partial charge in [0.1, 0.15) is 0 Å². The Hall–Kier alpha value is -2.76. The minimum absolute atomic E-state index is 0.0367. The van der Waals surface area contributed by atoms with E-state index in [1.165, 1.54) is 12.8 Å². The van der Waals surface area contributed by atoms with E-state index in [1.807, 2.05) is 19.1 Å². The molecule has 138 valence electrons. The zero-order chi connectivity index (χ0) is 18.4. The van der Waals surface area contributed by atoms with Crippen LogP contribution in [0.25, 0.3) is 10.8 Å². The quantitative estimate of drug-likeness (QED) is 0.717. The molecule has 1 saturated heterocycles. The van der Waals surface area contributed by atoms with Crippen molar-refractivity contribution in [3.05, 3.63) is 57.6 Å². The van der Waals surface area contributed by atoms with Crippen LogP contribution in [0.5, 0.6) is 0 Å². The first kappa shape index (κ1) is 16.4. The molecule has 1 fully saturated rings. The van der Waals surface area contributed by atoms with Crippen LogP contribution in [0.15, 0.2) is 35.1 Å². The van der Waals surface area contributed by atoms with Crippen LogP contribution >= 0.6 is 0 Å². The lowest BCUT2D eigenvalue weighted by molar-refractivity contribution is 0.330. The van der Waals surface area contributed by atoms with Gasteiger partial charge in [0, 0.05) is 35.8 Å². The average Bonchev–Trinajstić information content (AvgIpc) is 2.66. The van der Waals surface area contributed by atoms with E-state index in [1.54, 1.807) is 10.7 Å². The van der Waals surface area contributed by atoms with Crippen LogP contribution in [0.3, 0.4) is 0 Å². The third kappa shape index (κ3) is 2.89. The lowest BCUT2D eigenvalue weighted by atomic mass is 9.96. The number of fused-ring (bicyclic) bond motifs is 2. The van der Waals surface area contributed by atoms with Crippen LogP contribution in [0.4, 0.5) is 5.82 Å². The Morgan fingerprint density at radius 2 is 1.85 bits per heavy atom. The van der Waals surface area contributed by atoms with Crippen LogP contribution in [-0.2, 0) is 19.4 Å². The van der Waals surface area contributed by atoms with Gasteiger partial charge in [-0.1, -0.05) is 24.3 Å². The number of rotatable bonds is 3. The predicted octanol–water partition coefficient (Wildman–Crippen LogP) is 2.51. The summed E-state index contributed by atoms with van der Waals surface area (Å²) in [5, 5.41) is 15.7. The molecule has 0 amide bonds. The van der Waals surface area contributed by atoms with Gasteiger partial charge >= 0.3 is 0 Å². The van der Waals surface area contributed by atoms with Gasteiger partial charge in [-0.05, 0) is 38.2 Å². The molecule has 1 aliphatic carbocycles. The maximum absolute atomic E-state index is 12.4. The SMILES string of the molecule is Cc1nnc(N2CC(Cn3nc4c(cc3=O)CCCC4)C2)c2ccccc12. The van der Waals surface area contributed by atoms with E-state index >= 15 is 0 Å². The Bertz CT molecular complexity index is 1070. The van der Waals surface area contributed by atoms with E-state index in [9.17, 15) is 4.79 Å². The molecule has 0 bridgehead atoms. The standard InChI is InChI=1S/C21H23N5O/c1-14-17-7-3-4-8-18(17)21(23-22-14)25-11-15(12-25)13-26-20(27)10-16-6-2-5-9-19(16)24-26/h3-4,7-8,10,15H,2,5-6,9,11-13H2,1H3. The molecule has 1 aliphatic heterocycles. The van der Waals surface area contributed by atoms with Crippen molar-refractivity contribution in [2.45, 2.75) is 39.2 Å². The zero-order valence-electron chi connectivity index (χ0n) is 15.6. The van der Waals surface area contributed by atoms with E-state index in [2.05, 4.69) is 32.3 Å². The number of benzene rings is 1. The van der Waals surface area contributed by atoms with Crippen LogP contribution < -0.4 is 10.5 Å². The highest BCUT2D eigenvalue weighted by molar-refractivity contribution is 5.93. The Morgan fingerprint density at radius 3 is 2.70 bits per heavy atom. The van der Waals surface area contributed by atoms with Gasteiger partial charge < -0.3 is 4.90 Å². The second-order valence-electron chi connectivity index (χ2n) is 7.77. The third-order valence-electron chi connectivity index (χ3n) is 5.81. The second kappa shape index (κ2) is 6.44. The summed E-state index contributed by atoms with van der Waals surface area (Å²) in [5.74, 6) is 1.36. The molecular formula is C21H23N5O. The van der Waals surface area contributed by atoms with E-state index in [-0.39, 0.29) is 5.56 Å². The molecule has 1 aromatic carbocycles. The van der Waals surface area contributed by atoms with Crippen LogP contribution in [-0.4, -0.2) is 33.1 Å². The third-order valence-corrected chi connectivity index (χ3v) is 5.81. The minimum Gasteiger partial charge on any atom is -0.354 e. The lowest BCUT2D eigenvalue weighted by Gasteiger charge is -2.40. The van der Waals surface area contributed by atoms with Gasteiger partial charge in [-0.25, -0.2) is 4.68 Å². The minimum atomic E-state index is 0.0367. The fourth-order valence-corrected chi connectivity index (χ4v) is 4.29. The Morgan fingerprint density at radius 1 is 1.07 bits per heavy atom. The van der Waals surface area contributed by atoms with Crippen molar-refractivity contribution in [1.82, 2.24) is 20.0 Å². The Balaban J connectivity index is 1.34. The summed E-state index contributed by atoms with van der Waals surface area (Å²) in [5.41, 5.74) is 3.26. The molecule has 5 rings (SSSR count). The molecule has 0 spiro atoms. The maximum atomic E-state index is 12.4. The molecule has 0 radical (unpaired) electrons. The molecule has 0 N–H and O–H groups in total. The topological polar surface area (TPSA) is 63.9 Å². The first-order valence-corrected chi connectivity index (χ1v) is 9.76. The largest absolute Gasteiger partial charge is 0.354 e. The van der Waals surface area contributed by atoms with E-state index < -0.39 is 0 Å². The molecule has 2 aliphatic rings. The number of hydrogen-bond donors (Lipinski definition) is 0. The summed E-state index contributed by atoms with van der Waals surface area (Å²) in [6.45, 7) is 4.44. The molecule has 27 heavy (non-hydrogen) atoms. The second-order valence-corrected chi connectivity index (χ2v) is 7.77. The van der Waals surface area contributed by atoms with Crippen LogP contribution in [0.1, 0.15) is 29.8 Å². The smallest absolute Gasteiger partial charge is 0.267 e. The van der Waals surface area contributed by atoms with E-state index in [0.717, 1.165) is 59.5 Å². The Kier molecular flexibility index (Phi) is 3.92. The first-order valence-electron chi connectivity index (χ1n) is 9.76. The lowest BCUT2D eigenvalue weighted by Crippen LogP contribution is -2.50. The molecule has 0 unspecified atom stereocenters. The van der Waals surface area contributed by atoms with Crippen molar-refractivity contribution in [2.75, 3.05) is 18.0 Å². The number of hydrogen-bond acceptors (Lipinski definition) is 5. The molecule has 3 aromatic rings. The van der Waals surface area contributed by atoms with Gasteiger partial charge in [-0.2, -0.15) is 10.2 Å². The molecule has 3 heterocycles. The predicted molar refractivity (Wildman–Crippen MR) is 105 cm³/mol. The van der Waals surface area contributed by atoms with E-state index in [0.29, 0.717) is 12.5 Å². The normalized spacial score (nSPS) is 17.0. The fraction of sp³-hybridized carbons (Fsp3) is 0.429. The highest BCUT2D eigenvalue weighted by Crippen LogP contribution is 2.30. The molecule has 6 nitrogen and oxygen atoms in total. The number of anilines is 1. The molecule has 0 saturated carbocycles. The summed E-state index contributed by atoms with van der Waals surface area (Å²) < 4.78 is 1.67. The number of aryl methyl sites for hydroxylation is 3. The van der Waals surface area contributed by atoms with Crippen LogP contribution in [0.2, 0.25) is 0 Å².